The van der Waals surface area contributed by atoms with E-state index < -0.39 is 17.7 Å². The van der Waals surface area contributed by atoms with Crippen molar-refractivity contribution in [3.63, 3.8) is 0 Å². The molecule has 0 bridgehead atoms. The van der Waals surface area contributed by atoms with Crippen LogP contribution in [0.3, 0.4) is 0 Å². The predicted molar refractivity (Wildman–Crippen MR) is 116 cm³/mol. The van der Waals surface area contributed by atoms with Crippen LogP contribution in [0.1, 0.15) is 22.8 Å². The Labute approximate surface area is 182 Å². The van der Waals surface area contributed by atoms with E-state index in [9.17, 15) is 19.2 Å². The number of carbonyl (C=O) groups is 4. The highest BCUT2D eigenvalue weighted by Crippen LogP contribution is 2.28. The van der Waals surface area contributed by atoms with Crippen molar-refractivity contribution in [3.8, 4) is 5.75 Å². The van der Waals surface area contributed by atoms with E-state index in [1.54, 1.807) is 42.5 Å². The number of ketones is 1. The molecule has 0 atom stereocenters. The topological polar surface area (TPSA) is 105 Å². The maximum atomic E-state index is 12.8. The first-order chi connectivity index (χ1) is 14.8. The van der Waals surface area contributed by atoms with Crippen molar-refractivity contribution >= 4 is 52.7 Å². The number of nitrogens with one attached hydrogen (secondary N) is 2. The standard InChI is InChI=1S/C22H15N3O5S/c1-12(26)23-14-8-6-13(7-9-14)10-17-20(28)25(22(31)24-17)11-16-19(27)15-4-2-3-5-18(15)30-21(16)29/h2-11H,1H3,(H,23,26)(H,24,31). The molecular formula is C22H15N3O5S. The number of hydrogen-bond donors (Lipinski definition) is 2. The van der Waals surface area contributed by atoms with E-state index in [0.717, 1.165) is 11.1 Å². The van der Waals surface area contributed by atoms with Gasteiger partial charge in [0.25, 0.3) is 5.91 Å². The summed E-state index contributed by atoms with van der Waals surface area (Å²) in [4.78, 5) is 49.9. The van der Waals surface area contributed by atoms with Crippen LogP contribution >= 0.6 is 12.2 Å². The van der Waals surface area contributed by atoms with Crippen molar-refractivity contribution in [3.05, 3.63) is 77.1 Å². The molecule has 2 aliphatic rings. The number of hydrogen-bond acceptors (Lipinski definition) is 6. The van der Waals surface area contributed by atoms with Crippen molar-refractivity contribution in [1.82, 2.24) is 10.2 Å². The third-order valence-corrected chi connectivity index (χ3v) is 4.81. The van der Waals surface area contributed by atoms with Gasteiger partial charge in [0.15, 0.2) is 5.11 Å². The highest BCUT2D eigenvalue weighted by Gasteiger charge is 2.35. The lowest BCUT2D eigenvalue weighted by atomic mass is 10.0. The fraction of sp³-hybridized carbons (Fsp3) is 0.0455. The molecular weight excluding hydrogens is 418 g/mol. The zero-order chi connectivity index (χ0) is 22.1. The molecule has 2 aliphatic heterocycles. The molecule has 0 aromatic heterocycles. The second-order valence-electron chi connectivity index (χ2n) is 6.72. The molecule has 0 aliphatic carbocycles. The maximum absolute atomic E-state index is 12.8. The minimum absolute atomic E-state index is 0.0260. The lowest BCUT2D eigenvalue weighted by Gasteiger charge is -2.18. The van der Waals surface area contributed by atoms with E-state index in [1.807, 2.05) is 0 Å². The minimum Gasteiger partial charge on any atom is -0.422 e. The second kappa shape index (κ2) is 7.96. The van der Waals surface area contributed by atoms with Crippen LogP contribution in [0.15, 0.2) is 66.0 Å². The van der Waals surface area contributed by atoms with E-state index in [0.29, 0.717) is 11.3 Å². The number of rotatable bonds is 3. The Morgan fingerprint density at radius 3 is 2.52 bits per heavy atom. The molecule has 8 nitrogen and oxygen atoms in total. The number of esters is 1. The number of fused-ring (bicyclic) bond motifs is 1. The number of thiocarbonyl (C=S) groups is 1. The summed E-state index contributed by atoms with van der Waals surface area (Å²) in [6.07, 6.45) is 2.67. The first-order valence-corrected chi connectivity index (χ1v) is 9.56. The number of anilines is 1. The molecule has 2 amide bonds. The summed E-state index contributed by atoms with van der Waals surface area (Å²) in [5.41, 5.74) is 1.42. The first-order valence-electron chi connectivity index (χ1n) is 9.15. The van der Waals surface area contributed by atoms with Gasteiger partial charge in [0.05, 0.1) is 5.56 Å². The Morgan fingerprint density at radius 2 is 1.81 bits per heavy atom. The van der Waals surface area contributed by atoms with Crippen molar-refractivity contribution in [1.29, 1.82) is 0 Å². The van der Waals surface area contributed by atoms with Gasteiger partial charge in [-0.05, 0) is 48.1 Å². The number of nitrogens with zero attached hydrogens (tertiary/aromatic N) is 1. The lowest BCUT2D eigenvalue weighted by molar-refractivity contribution is -0.130. The molecule has 1 fully saturated rings. The van der Waals surface area contributed by atoms with Crippen molar-refractivity contribution in [2.45, 2.75) is 6.92 Å². The number of ether oxygens (including phenoxy) is 1. The fourth-order valence-corrected chi connectivity index (χ4v) is 3.32. The summed E-state index contributed by atoms with van der Waals surface area (Å²) >= 11 is 5.20. The molecule has 0 unspecified atom stereocenters. The average Bonchev–Trinajstić information content (AvgIpc) is 2.99. The highest BCUT2D eigenvalue weighted by atomic mass is 32.1. The summed E-state index contributed by atoms with van der Waals surface area (Å²) in [5, 5.41) is 5.46. The molecule has 0 radical (unpaired) electrons. The Kier molecular flexibility index (Phi) is 5.18. The van der Waals surface area contributed by atoms with Gasteiger partial charge in [-0.2, -0.15) is 0 Å². The molecule has 0 spiro atoms. The molecule has 2 aromatic carbocycles. The smallest absolute Gasteiger partial charge is 0.349 e. The Hall–Kier alpha value is -4.11. The minimum atomic E-state index is -0.856. The summed E-state index contributed by atoms with van der Waals surface area (Å²) in [7, 11) is 0. The summed E-state index contributed by atoms with van der Waals surface area (Å²) in [6.45, 7) is 1.41. The zero-order valence-electron chi connectivity index (χ0n) is 16.2. The molecule has 154 valence electrons. The van der Waals surface area contributed by atoms with Crippen LogP contribution in [0, 0.1) is 0 Å². The summed E-state index contributed by atoms with van der Waals surface area (Å²) < 4.78 is 5.18. The van der Waals surface area contributed by atoms with E-state index >= 15 is 0 Å². The monoisotopic (exact) mass is 433 g/mol. The lowest BCUT2D eigenvalue weighted by Crippen LogP contribution is -2.31. The number of para-hydroxylation sites is 1. The predicted octanol–water partition coefficient (Wildman–Crippen LogP) is 2.39. The SMILES string of the molecule is CC(=O)Nc1ccc(C=C2NC(=S)N(C=C3C(=O)Oc4ccccc4C3=O)C2=O)cc1. The van der Waals surface area contributed by atoms with Crippen LogP contribution in [-0.4, -0.2) is 33.6 Å². The van der Waals surface area contributed by atoms with Crippen LogP contribution < -0.4 is 15.4 Å². The Morgan fingerprint density at radius 1 is 1.10 bits per heavy atom. The highest BCUT2D eigenvalue weighted by molar-refractivity contribution is 7.80. The summed E-state index contributed by atoms with van der Waals surface area (Å²) in [6, 6.07) is 13.2. The Bertz CT molecular complexity index is 1210. The maximum Gasteiger partial charge on any atom is 0.349 e. The Balaban J connectivity index is 1.59. The fourth-order valence-electron chi connectivity index (χ4n) is 3.07. The number of benzene rings is 2. The molecule has 2 aromatic rings. The molecule has 2 heterocycles. The zero-order valence-corrected chi connectivity index (χ0v) is 17.0. The first kappa shape index (κ1) is 20.2. The molecule has 2 N–H and O–H groups in total. The van der Waals surface area contributed by atoms with Crippen molar-refractivity contribution in [2.75, 3.05) is 5.32 Å². The van der Waals surface area contributed by atoms with Gasteiger partial charge in [-0.15, -0.1) is 0 Å². The van der Waals surface area contributed by atoms with Gasteiger partial charge in [-0.3, -0.25) is 19.3 Å². The van der Waals surface area contributed by atoms with Crippen LogP contribution in [0.4, 0.5) is 5.69 Å². The van der Waals surface area contributed by atoms with Gasteiger partial charge < -0.3 is 15.4 Å². The number of carbonyl (C=O) groups excluding carboxylic acids is 4. The third kappa shape index (κ3) is 3.99. The van der Waals surface area contributed by atoms with Gasteiger partial charge in [0.1, 0.15) is 17.0 Å². The van der Waals surface area contributed by atoms with Gasteiger partial charge >= 0.3 is 5.97 Å². The molecule has 4 rings (SSSR count). The largest absolute Gasteiger partial charge is 0.422 e. The van der Waals surface area contributed by atoms with E-state index in [1.165, 1.54) is 19.1 Å². The normalized spacial score (nSPS) is 18.2. The van der Waals surface area contributed by atoms with E-state index in [2.05, 4.69) is 10.6 Å². The average molecular weight is 433 g/mol. The molecule has 1 saturated heterocycles. The molecule has 0 saturated carbocycles. The number of amides is 2. The summed E-state index contributed by atoms with van der Waals surface area (Å²) in [5.74, 6) is -1.95. The van der Waals surface area contributed by atoms with Crippen LogP contribution in [0.5, 0.6) is 5.75 Å². The second-order valence-corrected chi connectivity index (χ2v) is 7.11. The third-order valence-electron chi connectivity index (χ3n) is 4.51. The van der Waals surface area contributed by atoms with E-state index in [4.69, 9.17) is 17.0 Å². The van der Waals surface area contributed by atoms with Crippen LogP contribution in [-0.2, 0) is 14.4 Å². The van der Waals surface area contributed by atoms with Gasteiger partial charge in [-0.25, -0.2) is 4.79 Å². The number of Topliss-reactive ketones (excluding diaryl/α,β-unsaturated/α-hetero) is 1. The van der Waals surface area contributed by atoms with E-state index in [-0.39, 0.29) is 33.6 Å². The van der Waals surface area contributed by atoms with Crippen LogP contribution in [0.2, 0.25) is 0 Å². The van der Waals surface area contributed by atoms with Crippen molar-refractivity contribution < 1.29 is 23.9 Å². The quantitative estimate of drug-likeness (QED) is 0.252. The van der Waals surface area contributed by atoms with Gasteiger partial charge in [0, 0.05) is 18.8 Å². The van der Waals surface area contributed by atoms with Crippen molar-refractivity contribution in [2.24, 2.45) is 0 Å². The molecule has 31 heavy (non-hydrogen) atoms. The van der Waals surface area contributed by atoms with Gasteiger partial charge in [0.2, 0.25) is 11.7 Å². The van der Waals surface area contributed by atoms with Crippen LogP contribution in [0.25, 0.3) is 6.08 Å². The molecule has 9 heteroatoms. The van der Waals surface area contributed by atoms with Gasteiger partial charge in [-0.1, -0.05) is 24.3 Å².